The molecule has 0 saturated carbocycles. The molecule has 1 aliphatic heterocycles. The second-order valence-corrected chi connectivity index (χ2v) is 17.5. The highest BCUT2D eigenvalue weighted by atomic mass is 16.7. The molecule has 0 amide bonds. The van der Waals surface area contributed by atoms with E-state index in [0.717, 1.165) is 95.1 Å². The van der Waals surface area contributed by atoms with Gasteiger partial charge in [-0.3, -0.25) is 24.0 Å². The minimum Gasteiger partial charge on any atom is -0.507 e. The summed E-state index contributed by atoms with van der Waals surface area (Å²) in [5.41, 5.74) is 6.93. The van der Waals surface area contributed by atoms with E-state index in [-0.39, 0.29) is 91.9 Å². The number of benzene rings is 2. The van der Waals surface area contributed by atoms with E-state index in [1.165, 1.54) is 19.9 Å². The van der Waals surface area contributed by atoms with Crippen LogP contribution in [0.5, 0.6) is 5.75 Å². The zero-order valence-corrected chi connectivity index (χ0v) is 46.4. The number of esters is 5. The number of unbranched alkanes of at least 4 members (excludes halogenated alkanes) is 10. The lowest BCUT2D eigenvalue weighted by atomic mass is 10.1. The van der Waals surface area contributed by atoms with Crippen LogP contribution in [0.1, 0.15) is 185 Å². The molecule has 2 heterocycles. The standard InChI is InChI=1S/C18H22O5.C13H24O6.C11H15NO2.C6H8O4.C6H14O2.C2H7N.2CH4/c1-2-13-7-8-14-12-15(18(21)23-16(14)11-13)17(20)22-10-6-4-3-5-9-19;14-7-3-1-5-9-18-12(16)11-13(17)19-10-6-2-4-8-15;1-3-12(4-2)10-6-5-9(8-13)11(14)7-10;1-6(2)9-4(7)3-5(8)10-6;7-5-3-1-2-4-6-8;1-2-3;;/h7-8,11-12,19H,2-6,9-10H2,1H3;14-15H,1-11H2;5-8,14H,3-4H2,1-2H3;3H2,1-2H3;7-8H,1-6H2;2-3H2,1H3;2*1H4. The molecule has 0 atom stereocenters. The maximum absolute atomic E-state index is 12.0. The van der Waals surface area contributed by atoms with Crippen LogP contribution >= 0.6 is 0 Å². The molecule has 454 valence electrons. The second kappa shape index (κ2) is 51.5. The summed E-state index contributed by atoms with van der Waals surface area (Å²) in [5, 5.41) is 52.6. The lowest BCUT2D eigenvalue weighted by Gasteiger charge is -2.28. The number of anilines is 1. The lowest BCUT2D eigenvalue weighted by molar-refractivity contribution is -0.231. The van der Waals surface area contributed by atoms with Crippen LogP contribution in [0, 0.1) is 0 Å². The maximum atomic E-state index is 12.0. The van der Waals surface area contributed by atoms with E-state index in [2.05, 4.69) is 14.4 Å². The highest BCUT2D eigenvalue weighted by molar-refractivity contribution is 5.93. The third-order valence-electron chi connectivity index (χ3n) is 10.5. The van der Waals surface area contributed by atoms with Gasteiger partial charge in [0, 0.05) is 77.1 Å². The van der Waals surface area contributed by atoms with Gasteiger partial charge in [0.2, 0.25) is 0 Å². The fourth-order valence-corrected chi connectivity index (χ4v) is 6.45. The third kappa shape index (κ3) is 40.8. The number of phenolic OH excluding ortho intramolecular Hbond substituents is 1. The minimum atomic E-state index is -1.08. The van der Waals surface area contributed by atoms with Crippen molar-refractivity contribution in [3.63, 3.8) is 0 Å². The van der Waals surface area contributed by atoms with Crippen molar-refractivity contribution in [1.29, 1.82) is 0 Å². The molecule has 1 fully saturated rings. The van der Waals surface area contributed by atoms with Gasteiger partial charge in [-0.2, -0.15) is 0 Å². The summed E-state index contributed by atoms with van der Waals surface area (Å²) in [6, 6.07) is 12.2. The number of rotatable bonds is 29. The lowest BCUT2D eigenvalue weighted by Crippen LogP contribution is -2.39. The summed E-state index contributed by atoms with van der Waals surface area (Å²) < 4.78 is 29.4. The van der Waals surface area contributed by atoms with Gasteiger partial charge in [0.15, 0.2) is 6.29 Å². The van der Waals surface area contributed by atoms with Crippen LogP contribution in [0.3, 0.4) is 0 Å². The number of cyclic esters (lactones) is 2. The minimum absolute atomic E-state index is 0. The van der Waals surface area contributed by atoms with E-state index in [0.29, 0.717) is 54.9 Å². The van der Waals surface area contributed by atoms with Gasteiger partial charge in [-0.15, -0.1) is 0 Å². The number of aldehydes is 1. The van der Waals surface area contributed by atoms with Crippen LogP contribution in [0.15, 0.2) is 51.7 Å². The van der Waals surface area contributed by atoms with Crippen molar-refractivity contribution in [2.24, 2.45) is 5.73 Å². The van der Waals surface area contributed by atoms with Gasteiger partial charge in [0.25, 0.3) is 5.79 Å². The van der Waals surface area contributed by atoms with E-state index >= 15 is 0 Å². The van der Waals surface area contributed by atoms with Crippen LogP contribution < -0.4 is 16.3 Å². The average molecular weight is 1130 g/mol. The molecule has 4 rings (SSSR count). The fourth-order valence-electron chi connectivity index (χ4n) is 6.45. The zero-order valence-electron chi connectivity index (χ0n) is 46.4. The molecule has 79 heavy (non-hydrogen) atoms. The van der Waals surface area contributed by atoms with E-state index in [1.807, 2.05) is 52.0 Å². The summed E-state index contributed by atoms with van der Waals surface area (Å²) in [7, 11) is 0. The molecule has 0 spiro atoms. The van der Waals surface area contributed by atoms with Gasteiger partial charge >= 0.3 is 35.5 Å². The van der Waals surface area contributed by atoms with Crippen LogP contribution in [0.2, 0.25) is 0 Å². The molecule has 3 aromatic rings. The van der Waals surface area contributed by atoms with Crippen LogP contribution in [0.4, 0.5) is 5.69 Å². The Morgan fingerprint density at radius 2 is 1.06 bits per heavy atom. The number of aryl methyl sites for hydroxylation is 1. The second-order valence-electron chi connectivity index (χ2n) is 17.5. The number of nitrogens with zero attached hydrogens (tertiary/aromatic N) is 1. The summed E-state index contributed by atoms with van der Waals surface area (Å²) in [4.78, 5) is 80.1. The summed E-state index contributed by atoms with van der Waals surface area (Å²) in [5.74, 6) is -3.89. The largest absolute Gasteiger partial charge is 0.507 e. The van der Waals surface area contributed by atoms with Crippen LogP contribution in [0.25, 0.3) is 11.0 Å². The molecule has 0 unspecified atom stereocenters. The number of carbonyl (C=O) groups excluding carboxylic acids is 6. The zero-order chi connectivity index (χ0) is 58.3. The number of hydrogen-bond acceptors (Lipinski definition) is 21. The average Bonchev–Trinajstić information content (AvgIpc) is 3.38. The fraction of sp³-hybridized carbons (Fsp3) is 0.638. The first-order chi connectivity index (χ1) is 36.9. The Hall–Kier alpha value is -5.97. The monoisotopic (exact) mass is 1130 g/mol. The first-order valence-corrected chi connectivity index (χ1v) is 26.7. The first kappa shape index (κ1) is 79.5. The van der Waals surface area contributed by atoms with Crippen LogP contribution in [-0.2, 0) is 49.3 Å². The van der Waals surface area contributed by atoms with Crippen molar-refractivity contribution in [2.45, 2.75) is 171 Å². The molecule has 1 aromatic heterocycles. The Labute approximate surface area is 468 Å². The quantitative estimate of drug-likeness (QED) is 0.00867. The number of aliphatic hydroxyl groups is 5. The molecule has 2 aromatic carbocycles. The molecule has 1 aliphatic rings. The Morgan fingerprint density at radius 3 is 1.46 bits per heavy atom. The van der Waals surface area contributed by atoms with Gasteiger partial charge in [0.1, 0.15) is 29.7 Å². The van der Waals surface area contributed by atoms with Gasteiger partial charge < -0.3 is 69.4 Å². The molecule has 8 N–H and O–H groups in total. The number of fused-ring (bicyclic) bond motifs is 1. The number of phenols is 1. The van der Waals surface area contributed by atoms with Crippen LogP contribution in [-0.4, -0.2) is 145 Å². The molecular weight excluding hydrogens is 1030 g/mol. The van der Waals surface area contributed by atoms with Gasteiger partial charge in [-0.25, -0.2) is 9.59 Å². The summed E-state index contributed by atoms with van der Waals surface area (Å²) >= 11 is 0. The first-order valence-electron chi connectivity index (χ1n) is 26.7. The van der Waals surface area contributed by atoms with Crippen molar-refractivity contribution < 1.29 is 87.5 Å². The van der Waals surface area contributed by atoms with E-state index in [9.17, 15) is 38.7 Å². The molecule has 0 radical (unpaired) electrons. The van der Waals surface area contributed by atoms with E-state index < -0.39 is 41.3 Å². The number of ether oxygens (including phenoxy) is 5. The molecular formula is C58H98N2O19. The van der Waals surface area contributed by atoms with Gasteiger partial charge in [-0.05, 0) is 127 Å². The molecule has 21 nitrogen and oxygen atoms in total. The third-order valence-corrected chi connectivity index (χ3v) is 10.5. The predicted octanol–water partition coefficient (Wildman–Crippen LogP) is 7.89. The smallest absolute Gasteiger partial charge is 0.351 e. The predicted molar refractivity (Wildman–Crippen MR) is 305 cm³/mol. The Kier molecular flexibility index (Phi) is 51.8. The Morgan fingerprint density at radius 1 is 0.633 bits per heavy atom. The molecule has 0 aliphatic carbocycles. The molecule has 21 heteroatoms. The maximum Gasteiger partial charge on any atom is 0.351 e. The highest BCUT2D eigenvalue weighted by Crippen LogP contribution is 2.23. The number of aromatic hydroxyl groups is 1. The topological polar surface area (TPSA) is 329 Å². The number of carbonyl (C=O) groups is 6. The normalized spacial score (nSPS) is 11.5. The number of nitrogens with two attached hydrogens (primary N) is 1. The van der Waals surface area contributed by atoms with Crippen molar-refractivity contribution in [3.8, 4) is 5.75 Å². The van der Waals surface area contributed by atoms with E-state index in [1.54, 1.807) is 12.1 Å². The van der Waals surface area contributed by atoms with Crippen molar-refractivity contribution >= 4 is 52.8 Å². The van der Waals surface area contributed by atoms with Crippen molar-refractivity contribution in [1.82, 2.24) is 0 Å². The molecule has 1 saturated heterocycles. The molecule has 0 bridgehead atoms. The van der Waals surface area contributed by atoms with Crippen molar-refractivity contribution in [2.75, 3.05) is 77.4 Å². The van der Waals surface area contributed by atoms with Gasteiger partial charge in [0.05, 0.1) is 25.4 Å². The van der Waals surface area contributed by atoms with E-state index in [4.69, 9.17) is 49.9 Å². The summed E-state index contributed by atoms with van der Waals surface area (Å²) in [6.45, 7) is 15.4. The Bertz CT molecular complexity index is 2080. The number of aliphatic hydroxyl groups excluding tert-OH is 5. The SMILES string of the molecule is C.C.CC1(C)OC(=O)CC(=O)O1.CCN.CCN(CC)c1ccc(C=O)c(O)c1.CCc1ccc2cc(C(=O)OCCCCCCO)c(=O)oc2c1.O=C(CC(=O)OCCCCCO)OCCCCCO.OCCCCCCO. The number of hydrogen-bond donors (Lipinski definition) is 7. The van der Waals surface area contributed by atoms with Crippen molar-refractivity contribution in [3.05, 3.63) is 69.6 Å². The summed E-state index contributed by atoms with van der Waals surface area (Å²) in [6.07, 6.45) is 12.3. The Balaban J connectivity index is -0.000000455. The highest BCUT2D eigenvalue weighted by Gasteiger charge is 2.34. The van der Waals surface area contributed by atoms with Gasteiger partial charge in [-0.1, -0.05) is 60.1 Å².